The molecular formula is C20H27N5O3S2. The molecular weight excluding hydrogens is 422 g/mol. The van der Waals surface area contributed by atoms with E-state index in [1.54, 1.807) is 6.92 Å². The van der Waals surface area contributed by atoms with Gasteiger partial charge in [-0.15, -0.1) is 21.5 Å². The van der Waals surface area contributed by atoms with E-state index >= 15 is 0 Å². The van der Waals surface area contributed by atoms with Crippen molar-refractivity contribution in [3.05, 3.63) is 16.0 Å². The highest BCUT2D eigenvalue weighted by molar-refractivity contribution is 7.19. The molecule has 1 unspecified atom stereocenters. The first-order valence-corrected chi connectivity index (χ1v) is 12.2. The van der Waals surface area contributed by atoms with Crippen LogP contribution in [0.25, 0.3) is 0 Å². The first-order chi connectivity index (χ1) is 14.6. The van der Waals surface area contributed by atoms with Crippen LogP contribution in [-0.2, 0) is 17.6 Å². The molecule has 0 bridgehead atoms. The van der Waals surface area contributed by atoms with Gasteiger partial charge in [0.15, 0.2) is 0 Å². The summed E-state index contributed by atoms with van der Waals surface area (Å²) in [6.07, 6.45) is 7.45. The molecule has 4 rings (SSSR count). The zero-order valence-corrected chi connectivity index (χ0v) is 19.0. The fourth-order valence-corrected chi connectivity index (χ4v) is 6.21. The monoisotopic (exact) mass is 449 g/mol. The zero-order valence-electron chi connectivity index (χ0n) is 17.3. The van der Waals surface area contributed by atoms with Crippen LogP contribution in [0.15, 0.2) is 0 Å². The largest absolute Gasteiger partial charge is 0.462 e. The van der Waals surface area contributed by atoms with Gasteiger partial charge in [0.1, 0.15) is 5.00 Å². The summed E-state index contributed by atoms with van der Waals surface area (Å²) in [6.45, 7) is 5.24. The number of ether oxygens (including phenoxy) is 1. The minimum Gasteiger partial charge on any atom is -0.462 e. The average Bonchev–Trinajstić information content (AvgIpc) is 3.32. The molecule has 0 saturated carbocycles. The number of hydrogen-bond acceptors (Lipinski definition) is 8. The zero-order chi connectivity index (χ0) is 21.1. The molecule has 2 aromatic heterocycles. The van der Waals surface area contributed by atoms with Gasteiger partial charge in [0.05, 0.1) is 12.2 Å². The van der Waals surface area contributed by atoms with E-state index in [-0.39, 0.29) is 5.97 Å². The van der Waals surface area contributed by atoms with Crippen molar-refractivity contribution in [2.75, 3.05) is 28.7 Å². The predicted molar refractivity (Wildman–Crippen MR) is 120 cm³/mol. The number of nitrogens with one attached hydrogen (secondary N) is 2. The number of fused-ring (bicyclic) bond motifs is 1. The number of thiophene rings is 1. The van der Waals surface area contributed by atoms with Gasteiger partial charge < -0.3 is 9.64 Å². The van der Waals surface area contributed by atoms with E-state index in [9.17, 15) is 9.59 Å². The number of hydrogen-bond donors (Lipinski definition) is 2. The van der Waals surface area contributed by atoms with Crippen molar-refractivity contribution in [2.24, 2.45) is 0 Å². The molecule has 30 heavy (non-hydrogen) atoms. The standard InChI is InChI=1S/C20H27N5O3S2/c1-3-28-17(26)15-13-9-4-5-10-14(13)29-16(15)21-18(27)22-19-23-24-20(30-19)25-11-7-6-8-12(25)2/h12H,3-11H2,1-2H3,(H2,21,22,23,27). The van der Waals surface area contributed by atoms with Crippen LogP contribution in [0.2, 0.25) is 0 Å². The summed E-state index contributed by atoms with van der Waals surface area (Å²) in [5.74, 6) is -0.371. The SMILES string of the molecule is CCOC(=O)c1c(NC(=O)Nc2nnc(N3CCCCC3C)s2)sc2c1CCCC2. The second-order valence-corrected chi connectivity index (χ2v) is 9.70. The average molecular weight is 450 g/mol. The number of aryl methyl sites for hydroxylation is 1. The second kappa shape index (κ2) is 9.30. The van der Waals surface area contributed by atoms with Crippen molar-refractivity contribution in [1.82, 2.24) is 10.2 Å². The molecule has 1 aliphatic carbocycles. The Morgan fingerprint density at radius 1 is 1.13 bits per heavy atom. The maximum Gasteiger partial charge on any atom is 0.341 e. The molecule has 10 heteroatoms. The van der Waals surface area contributed by atoms with Crippen molar-refractivity contribution >= 4 is 49.9 Å². The number of aromatic nitrogens is 2. The summed E-state index contributed by atoms with van der Waals surface area (Å²) >= 11 is 2.84. The Balaban J connectivity index is 1.47. The number of amides is 2. The van der Waals surface area contributed by atoms with E-state index in [1.807, 2.05) is 0 Å². The van der Waals surface area contributed by atoms with Crippen LogP contribution in [0, 0.1) is 0 Å². The van der Waals surface area contributed by atoms with Gasteiger partial charge in [-0.1, -0.05) is 11.3 Å². The topological polar surface area (TPSA) is 96.4 Å². The summed E-state index contributed by atoms with van der Waals surface area (Å²) < 4.78 is 5.24. The molecule has 2 aliphatic rings. The lowest BCUT2D eigenvalue weighted by Crippen LogP contribution is -2.37. The van der Waals surface area contributed by atoms with Crippen LogP contribution in [-0.4, -0.2) is 41.4 Å². The molecule has 1 saturated heterocycles. The Labute approximate surface area is 184 Å². The summed E-state index contributed by atoms with van der Waals surface area (Å²) in [5, 5.41) is 15.8. The molecule has 1 fully saturated rings. The van der Waals surface area contributed by atoms with E-state index in [1.165, 1.54) is 29.1 Å². The van der Waals surface area contributed by atoms with Crippen LogP contribution >= 0.6 is 22.7 Å². The summed E-state index contributed by atoms with van der Waals surface area (Å²) in [5.41, 5.74) is 1.53. The Morgan fingerprint density at radius 2 is 1.97 bits per heavy atom. The Hall–Kier alpha value is -2.20. The number of nitrogens with zero attached hydrogens (tertiary/aromatic N) is 3. The Bertz CT molecular complexity index is 926. The van der Waals surface area contributed by atoms with Gasteiger partial charge in [-0.25, -0.2) is 9.59 Å². The van der Waals surface area contributed by atoms with Gasteiger partial charge in [-0.2, -0.15) is 0 Å². The van der Waals surface area contributed by atoms with Crippen molar-refractivity contribution < 1.29 is 14.3 Å². The van der Waals surface area contributed by atoms with Crippen LogP contribution in [0.3, 0.4) is 0 Å². The first-order valence-electron chi connectivity index (χ1n) is 10.6. The molecule has 162 valence electrons. The van der Waals surface area contributed by atoms with Crippen LogP contribution in [0.5, 0.6) is 0 Å². The number of rotatable bonds is 5. The number of carbonyl (C=O) groups is 2. The molecule has 2 N–H and O–H groups in total. The van der Waals surface area contributed by atoms with Crippen molar-refractivity contribution in [2.45, 2.75) is 64.8 Å². The van der Waals surface area contributed by atoms with E-state index in [0.29, 0.717) is 28.3 Å². The van der Waals surface area contributed by atoms with E-state index in [0.717, 1.165) is 60.6 Å². The van der Waals surface area contributed by atoms with Crippen molar-refractivity contribution in [3.8, 4) is 0 Å². The Morgan fingerprint density at radius 3 is 2.77 bits per heavy atom. The molecule has 1 aliphatic heterocycles. The number of anilines is 3. The lowest BCUT2D eigenvalue weighted by molar-refractivity contribution is 0.0526. The third-order valence-electron chi connectivity index (χ3n) is 5.56. The molecule has 0 radical (unpaired) electrons. The van der Waals surface area contributed by atoms with Gasteiger partial charge in [-0.3, -0.25) is 10.6 Å². The molecule has 3 heterocycles. The smallest absolute Gasteiger partial charge is 0.341 e. The third kappa shape index (κ3) is 4.44. The fourth-order valence-electron chi connectivity index (χ4n) is 4.07. The van der Waals surface area contributed by atoms with Gasteiger partial charge in [0.25, 0.3) is 0 Å². The number of urea groups is 1. The van der Waals surface area contributed by atoms with Crippen LogP contribution in [0.1, 0.15) is 66.8 Å². The highest BCUT2D eigenvalue weighted by Gasteiger charge is 2.28. The third-order valence-corrected chi connectivity index (χ3v) is 7.64. The van der Waals surface area contributed by atoms with Gasteiger partial charge in [0, 0.05) is 17.5 Å². The maximum atomic E-state index is 12.6. The quantitative estimate of drug-likeness (QED) is 0.644. The second-order valence-electron chi connectivity index (χ2n) is 7.64. The number of piperidine rings is 1. The molecule has 2 aromatic rings. The van der Waals surface area contributed by atoms with Crippen LogP contribution < -0.4 is 15.5 Å². The lowest BCUT2D eigenvalue weighted by Gasteiger charge is -2.32. The highest BCUT2D eigenvalue weighted by Crippen LogP contribution is 2.39. The Kier molecular flexibility index (Phi) is 6.52. The lowest BCUT2D eigenvalue weighted by atomic mass is 9.95. The van der Waals surface area contributed by atoms with Crippen LogP contribution in [0.4, 0.5) is 20.1 Å². The van der Waals surface area contributed by atoms with E-state index < -0.39 is 6.03 Å². The first kappa shape index (κ1) is 21.0. The van der Waals surface area contributed by atoms with E-state index in [2.05, 4.69) is 32.7 Å². The summed E-state index contributed by atoms with van der Waals surface area (Å²) in [7, 11) is 0. The molecule has 0 spiro atoms. The molecule has 8 nitrogen and oxygen atoms in total. The minimum absolute atomic E-state index is 0.303. The van der Waals surface area contributed by atoms with Crippen molar-refractivity contribution in [3.63, 3.8) is 0 Å². The molecule has 0 aromatic carbocycles. The highest BCUT2D eigenvalue weighted by atomic mass is 32.1. The summed E-state index contributed by atoms with van der Waals surface area (Å²) in [4.78, 5) is 28.6. The van der Waals surface area contributed by atoms with Crippen molar-refractivity contribution in [1.29, 1.82) is 0 Å². The van der Waals surface area contributed by atoms with Gasteiger partial charge in [0.2, 0.25) is 10.3 Å². The molecule has 1 atom stereocenters. The predicted octanol–water partition coefficient (Wildman–Crippen LogP) is 4.68. The molecule has 2 amide bonds. The number of carbonyl (C=O) groups excluding carboxylic acids is 2. The van der Waals surface area contributed by atoms with Gasteiger partial charge >= 0.3 is 12.0 Å². The minimum atomic E-state index is -0.423. The maximum absolute atomic E-state index is 12.6. The van der Waals surface area contributed by atoms with E-state index in [4.69, 9.17) is 4.74 Å². The normalized spacial score (nSPS) is 18.6. The number of esters is 1. The van der Waals surface area contributed by atoms with Gasteiger partial charge in [-0.05, 0) is 64.4 Å². The summed E-state index contributed by atoms with van der Waals surface area (Å²) in [6, 6.07) is 0.00601. The fraction of sp³-hybridized carbons (Fsp3) is 0.600.